The Morgan fingerprint density at radius 2 is 1.68 bits per heavy atom. The molecule has 0 aliphatic heterocycles. The molecule has 0 saturated carbocycles. The van der Waals surface area contributed by atoms with Crippen molar-refractivity contribution in [2.24, 2.45) is 5.92 Å². The van der Waals surface area contributed by atoms with Crippen molar-refractivity contribution in [1.29, 1.82) is 0 Å². The second-order valence-electron chi connectivity index (χ2n) is 3.86. The van der Waals surface area contributed by atoms with Crippen LogP contribution in [0.15, 0.2) is 11.0 Å². The van der Waals surface area contributed by atoms with E-state index in [1.165, 1.54) is 6.92 Å². The fourth-order valence-corrected chi connectivity index (χ4v) is 2.88. The molecule has 0 aromatic rings. The minimum atomic E-state index is -3.62. The van der Waals surface area contributed by atoms with Gasteiger partial charge in [0.05, 0.1) is 10.7 Å². The fourth-order valence-electron chi connectivity index (χ4n) is 1.59. The summed E-state index contributed by atoms with van der Waals surface area (Å²) in [5, 5.41) is 8.81. The number of hydrogen-bond donors (Lipinski definition) is 1. The Hall–Kier alpha value is -0.920. The Bertz CT molecular complexity index is 406. The number of carbonyl (C=O) groups is 1. The van der Waals surface area contributed by atoms with Crippen molar-refractivity contribution in [3.63, 3.8) is 0 Å². The Labute approximate surface area is 114 Å². The van der Waals surface area contributed by atoms with Crippen molar-refractivity contribution in [3.8, 4) is 0 Å². The van der Waals surface area contributed by atoms with E-state index >= 15 is 0 Å². The zero-order chi connectivity index (χ0) is 15.1. The molecule has 112 valence electrons. The predicted octanol–water partition coefficient (Wildman–Crippen LogP) is 1.42. The number of ether oxygens (including phenoxy) is 2. The average Bonchev–Trinajstić information content (AvgIpc) is 2.34. The first-order valence-electron chi connectivity index (χ1n) is 6.20. The van der Waals surface area contributed by atoms with Crippen LogP contribution in [-0.2, 0) is 24.1 Å². The van der Waals surface area contributed by atoms with Crippen molar-refractivity contribution in [3.05, 3.63) is 11.0 Å². The maximum atomic E-state index is 11.9. The average molecular weight is 294 g/mol. The highest BCUT2D eigenvalue weighted by molar-refractivity contribution is 7.95. The second-order valence-corrected chi connectivity index (χ2v) is 6.13. The third kappa shape index (κ3) is 5.71. The van der Waals surface area contributed by atoms with Gasteiger partial charge in [-0.25, -0.2) is 13.2 Å². The molecule has 19 heavy (non-hydrogen) atoms. The lowest BCUT2D eigenvalue weighted by Crippen LogP contribution is -2.30. The van der Waals surface area contributed by atoms with Crippen LogP contribution in [0.3, 0.4) is 0 Å². The summed E-state index contributed by atoms with van der Waals surface area (Å²) in [7, 11) is -3.62. The highest BCUT2D eigenvalue weighted by Gasteiger charge is 2.30. The molecular weight excluding hydrogens is 272 g/mol. The molecule has 0 aromatic heterocycles. The molecule has 0 bridgehead atoms. The molecule has 7 heteroatoms. The summed E-state index contributed by atoms with van der Waals surface area (Å²) in [6, 6.07) is 0. The van der Waals surface area contributed by atoms with E-state index in [4.69, 9.17) is 14.6 Å². The first kappa shape index (κ1) is 18.1. The van der Waals surface area contributed by atoms with E-state index in [0.29, 0.717) is 19.3 Å². The van der Waals surface area contributed by atoms with Gasteiger partial charge >= 0.3 is 5.97 Å². The molecule has 0 rings (SSSR count). The van der Waals surface area contributed by atoms with Crippen molar-refractivity contribution in [2.75, 3.05) is 19.0 Å². The van der Waals surface area contributed by atoms with Crippen molar-refractivity contribution in [2.45, 2.75) is 34.0 Å². The van der Waals surface area contributed by atoms with Crippen LogP contribution in [0.4, 0.5) is 0 Å². The third-order valence-electron chi connectivity index (χ3n) is 2.52. The Morgan fingerprint density at radius 3 is 2.00 bits per heavy atom. The number of aliphatic carboxylic acids is 1. The smallest absolute Gasteiger partial charge is 0.329 e. The van der Waals surface area contributed by atoms with Gasteiger partial charge in [-0.05, 0) is 13.8 Å². The normalized spacial score (nSPS) is 14.7. The molecule has 0 aromatic carbocycles. The van der Waals surface area contributed by atoms with Gasteiger partial charge < -0.3 is 14.6 Å². The number of sulfone groups is 1. The molecule has 0 fully saturated rings. The van der Waals surface area contributed by atoms with Gasteiger partial charge in [0.15, 0.2) is 16.1 Å². The topological polar surface area (TPSA) is 89.9 Å². The quantitative estimate of drug-likeness (QED) is 0.511. The van der Waals surface area contributed by atoms with Crippen LogP contribution in [0.25, 0.3) is 0 Å². The Balaban J connectivity index is 5.43. The van der Waals surface area contributed by atoms with Crippen molar-refractivity contribution >= 4 is 15.8 Å². The molecule has 0 spiro atoms. The summed E-state index contributed by atoms with van der Waals surface area (Å²) in [4.78, 5) is 10.6. The van der Waals surface area contributed by atoms with Gasteiger partial charge in [-0.3, -0.25) is 0 Å². The van der Waals surface area contributed by atoms with Gasteiger partial charge in [0, 0.05) is 25.2 Å². The summed E-state index contributed by atoms with van der Waals surface area (Å²) in [6.07, 6.45) is -0.0592. The monoisotopic (exact) mass is 294 g/mol. The van der Waals surface area contributed by atoms with E-state index in [-0.39, 0.29) is 10.7 Å². The number of hydrogen-bond acceptors (Lipinski definition) is 5. The molecular formula is C12H22O6S. The van der Waals surface area contributed by atoms with Gasteiger partial charge in [0.1, 0.15) is 0 Å². The van der Waals surface area contributed by atoms with Crippen molar-refractivity contribution in [1.82, 2.24) is 0 Å². The van der Waals surface area contributed by atoms with Crippen LogP contribution in [-0.4, -0.2) is 44.8 Å². The molecule has 1 unspecified atom stereocenters. The molecule has 0 radical (unpaired) electrons. The van der Waals surface area contributed by atoms with Crippen molar-refractivity contribution < 1.29 is 27.8 Å². The zero-order valence-electron chi connectivity index (χ0n) is 11.8. The SMILES string of the molecule is CCOC(OCC)C(C)/C(=C/C(=O)O)S(=O)(=O)CC. The third-order valence-corrected chi connectivity index (χ3v) is 4.49. The Kier molecular flexibility index (Phi) is 7.89. The molecule has 1 atom stereocenters. The molecule has 0 heterocycles. The lowest BCUT2D eigenvalue weighted by molar-refractivity contribution is -0.155. The van der Waals surface area contributed by atoms with Crippen LogP contribution in [0.5, 0.6) is 0 Å². The van der Waals surface area contributed by atoms with Crippen LogP contribution < -0.4 is 0 Å². The summed E-state index contributed by atoms with van der Waals surface area (Å²) in [5.41, 5.74) is 0. The minimum Gasteiger partial charge on any atom is -0.478 e. The first-order chi connectivity index (χ1) is 8.80. The zero-order valence-corrected chi connectivity index (χ0v) is 12.6. The molecule has 0 aliphatic carbocycles. The predicted molar refractivity (Wildman–Crippen MR) is 71.4 cm³/mol. The summed E-state index contributed by atoms with van der Waals surface area (Å²) >= 11 is 0. The first-order valence-corrected chi connectivity index (χ1v) is 7.85. The highest BCUT2D eigenvalue weighted by Crippen LogP contribution is 2.24. The minimum absolute atomic E-state index is 0.165. The fraction of sp³-hybridized carbons (Fsp3) is 0.750. The number of rotatable bonds is 9. The van der Waals surface area contributed by atoms with Crippen LogP contribution >= 0.6 is 0 Å². The standard InChI is InChI=1S/C12H22O6S/c1-5-17-12(18-6-2)9(4)10(8-11(13)14)19(15,16)7-3/h8-9,12H,5-7H2,1-4H3,(H,13,14)/b10-8-. The molecule has 1 N–H and O–H groups in total. The molecule has 0 aliphatic rings. The lowest BCUT2D eigenvalue weighted by atomic mass is 10.1. The van der Waals surface area contributed by atoms with E-state index in [1.54, 1.807) is 20.8 Å². The van der Waals surface area contributed by atoms with Gasteiger partial charge in [-0.2, -0.15) is 0 Å². The molecule has 0 amide bonds. The lowest BCUT2D eigenvalue weighted by Gasteiger charge is -2.25. The van der Waals surface area contributed by atoms with Crippen LogP contribution in [0, 0.1) is 5.92 Å². The Morgan fingerprint density at radius 1 is 1.21 bits per heavy atom. The van der Waals surface area contributed by atoms with Gasteiger partial charge in [-0.1, -0.05) is 13.8 Å². The number of carboxylic acid groups (broad SMARTS) is 1. The van der Waals surface area contributed by atoms with Crippen LogP contribution in [0.2, 0.25) is 0 Å². The van der Waals surface area contributed by atoms with E-state index < -0.39 is 28.0 Å². The van der Waals surface area contributed by atoms with E-state index in [9.17, 15) is 13.2 Å². The van der Waals surface area contributed by atoms with Gasteiger partial charge in [-0.15, -0.1) is 0 Å². The maximum Gasteiger partial charge on any atom is 0.329 e. The molecule has 6 nitrogen and oxygen atoms in total. The van der Waals surface area contributed by atoms with Gasteiger partial charge in [0.25, 0.3) is 0 Å². The van der Waals surface area contributed by atoms with Crippen LogP contribution in [0.1, 0.15) is 27.7 Å². The highest BCUT2D eigenvalue weighted by atomic mass is 32.2. The second kappa shape index (κ2) is 8.29. The maximum absolute atomic E-state index is 11.9. The van der Waals surface area contributed by atoms with E-state index in [2.05, 4.69) is 0 Å². The van der Waals surface area contributed by atoms with E-state index in [0.717, 1.165) is 0 Å². The largest absolute Gasteiger partial charge is 0.478 e. The number of carboxylic acids is 1. The summed E-state index contributed by atoms with van der Waals surface area (Å²) in [5.74, 6) is -2.15. The molecule has 0 saturated heterocycles. The van der Waals surface area contributed by atoms with Gasteiger partial charge in [0.2, 0.25) is 0 Å². The summed E-state index contributed by atoms with van der Waals surface area (Å²) < 4.78 is 34.5. The summed E-state index contributed by atoms with van der Waals surface area (Å²) in [6.45, 7) is 7.26. The van der Waals surface area contributed by atoms with E-state index in [1.807, 2.05) is 0 Å².